The predicted molar refractivity (Wildman–Crippen MR) is 110 cm³/mol. The van der Waals surface area contributed by atoms with Crippen molar-refractivity contribution in [1.29, 1.82) is 0 Å². The molecule has 1 aliphatic heterocycles. The van der Waals surface area contributed by atoms with Crippen LogP contribution in [0.2, 0.25) is 0 Å². The Morgan fingerprint density at radius 1 is 1.07 bits per heavy atom. The van der Waals surface area contributed by atoms with Gasteiger partial charge in [0.2, 0.25) is 5.78 Å². The molecule has 0 unspecified atom stereocenters. The maximum atomic E-state index is 13.1. The number of Topliss-reactive ketones (excluding diaryl/α,β-unsaturated/α-hetero) is 1. The van der Waals surface area contributed by atoms with Gasteiger partial charge < -0.3 is 9.64 Å². The van der Waals surface area contributed by atoms with Crippen LogP contribution in [0.5, 0.6) is 0 Å². The van der Waals surface area contributed by atoms with Gasteiger partial charge in [-0.25, -0.2) is 4.79 Å². The predicted octanol–water partition coefficient (Wildman–Crippen LogP) is 4.94. The summed E-state index contributed by atoms with van der Waals surface area (Å²) in [5.41, 5.74) is 4.93. The molecule has 138 valence electrons. The van der Waals surface area contributed by atoms with Gasteiger partial charge in [-0.2, -0.15) is 0 Å². The molecule has 2 aromatic carbocycles. The Hall–Kier alpha value is -2.66. The van der Waals surface area contributed by atoms with Crippen LogP contribution < -0.4 is 4.90 Å². The molecule has 0 bridgehead atoms. The average Bonchev–Trinajstić information content (AvgIpc) is 2.84. The summed E-state index contributed by atoms with van der Waals surface area (Å²) in [7, 11) is 1.28. The Bertz CT molecular complexity index is 984. The molecule has 0 fully saturated rings. The molecule has 0 saturated heterocycles. The lowest BCUT2D eigenvalue weighted by Gasteiger charge is -2.22. The number of ether oxygens (including phenoxy) is 1. The number of carbonyl (C=O) groups is 2. The van der Waals surface area contributed by atoms with Gasteiger partial charge in [0.15, 0.2) is 0 Å². The number of aryl methyl sites for hydroxylation is 2. The van der Waals surface area contributed by atoms with Crippen molar-refractivity contribution in [2.75, 3.05) is 12.0 Å². The lowest BCUT2D eigenvalue weighted by atomic mass is 10.1. The number of halogens is 1. The third-order valence-electron chi connectivity index (χ3n) is 4.40. The summed E-state index contributed by atoms with van der Waals surface area (Å²) in [5, 5.41) is 0. The van der Waals surface area contributed by atoms with Gasteiger partial charge in [0.1, 0.15) is 5.57 Å². The van der Waals surface area contributed by atoms with E-state index in [1.807, 2.05) is 55.1 Å². The molecular weight excluding hydrogens is 406 g/mol. The van der Waals surface area contributed by atoms with Crippen molar-refractivity contribution in [2.45, 2.75) is 20.8 Å². The van der Waals surface area contributed by atoms with Gasteiger partial charge in [0.05, 0.1) is 12.8 Å². The van der Waals surface area contributed by atoms with Crippen LogP contribution in [-0.4, -0.2) is 18.9 Å². The van der Waals surface area contributed by atoms with Crippen molar-refractivity contribution in [2.24, 2.45) is 0 Å². The number of esters is 1. The van der Waals surface area contributed by atoms with Crippen LogP contribution >= 0.6 is 15.9 Å². The molecule has 0 saturated carbocycles. The van der Waals surface area contributed by atoms with Gasteiger partial charge in [-0.05, 0) is 67.8 Å². The second-order valence-electron chi connectivity index (χ2n) is 6.55. The highest BCUT2D eigenvalue weighted by Gasteiger charge is 2.38. The smallest absolute Gasteiger partial charge is 0.343 e. The largest absolute Gasteiger partial charge is 0.465 e. The standard InChI is InChI=1S/C22H20BrNO3/c1-13-8-14(2)10-18(9-13)24-15(3)20(22(26)27-4)21(25)19(24)12-16-6-5-7-17(23)11-16/h5-12H,1-4H3/b19-12+. The van der Waals surface area contributed by atoms with Crippen molar-refractivity contribution in [3.05, 3.63) is 80.6 Å². The fourth-order valence-corrected chi connectivity index (χ4v) is 3.74. The van der Waals surface area contributed by atoms with Gasteiger partial charge in [-0.15, -0.1) is 0 Å². The number of hydrogen-bond donors (Lipinski definition) is 0. The lowest BCUT2D eigenvalue weighted by Crippen LogP contribution is -2.18. The first kappa shape index (κ1) is 19.1. The maximum absolute atomic E-state index is 13.1. The summed E-state index contributed by atoms with van der Waals surface area (Å²) < 4.78 is 5.76. The lowest BCUT2D eigenvalue weighted by molar-refractivity contribution is -0.137. The minimum absolute atomic E-state index is 0.0675. The number of ketones is 1. The van der Waals surface area contributed by atoms with Crippen LogP contribution in [0.25, 0.3) is 6.08 Å². The highest BCUT2D eigenvalue weighted by atomic mass is 79.9. The molecule has 0 radical (unpaired) electrons. The van der Waals surface area contributed by atoms with Crippen LogP contribution in [0.15, 0.2) is 63.9 Å². The van der Waals surface area contributed by atoms with Crippen LogP contribution in [0.1, 0.15) is 23.6 Å². The Kier molecular flexibility index (Phi) is 5.33. The molecule has 2 aromatic rings. The van der Waals surface area contributed by atoms with Crippen LogP contribution in [0.4, 0.5) is 5.69 Å². The van der Waals surface area contributed by atoms with Gasteiger partial charge in [0, 0.05) is 15.9 Å². The number of methoxy groups -OCH3 is 1. The number of rotatable bonds is 3. The fraction of sp³-hybridized carbons (Fsp3) is 0.182. The molecule has 0 atom stereocenters. The number of nitrogens with zero attached hydrogens (tertiary/aromatic N) is 1. The van der Waals surface area contributed by atoms with E-state index in [0.717, 1.165) is 26.9 Å². The molecule has 27 heavy (non-hydrogen) atoms. The molecule has 3 rings (SSSR count). The van der Waals surface area contributed by atoms with E-state index in [-0.39, 0.29) is 11.4 Å². The molecule has 0 aromatic heterocycles. The van der Waals surface area contributed by atoms with Crippen molar-refractivity contribution in [3.63, 3.8) is 0 Å². The first-order valence-electron chi connectivity index (χ1n) is 8.51. The molecule has 4 nitrogen and oxygen atoms in total. The van der Waals surface area contributed by atoms with E-state index in [2.05, 4.69) is 22.0 Å². The van der Waals surface area contributed by atoms with E-state index in [0.29, 0.717) is 11.4 Å². The quantitative estimate of drug-likeness (QED) is 0.396. The third kappa shape index (κ3) is 3.74. The molecule has 1 heterocycles. The van der Waals surface area contributed by atoms with E-state index in [9.17, 15) is 9.59 Å². The van der Waals surface area contributed by atoms with Crippen LogP contribution in [-0.2, 0) is 14.3 Å². The van der Waals surface area contributed by atoms with E-state index < -0.39 is 5.97 Å². The first-order valence-corrected chi connectivity index (χ1v) is 9.30. The SMILES string of the molecule is COC(=O)C1=C(C)N(c2cc(C)cc(C)c2)/C(=C/c2cccc(Br)c2)C1=O. The van der Waals surface area contributed by atoms with E-state index >= 15 is 0 Å². The average molecular weight is 426 g/mol. The van der Waals surface area contributed by atoms with E-state index in [4.69, 9.17) is 4.74 Å². The van der Waals surface area contributed by atoms with Crippen molar-refractivity contribution in [1.82, 2.24) is 0 Å². The van der Waals surface area contributed by atoms with Gasteiger partial charge in [-0.1, -0.05) is 34.1 Å². The number of allylic oxidation sites excluding steroid dienone is 2. The molecule has 1 aliphatic rings. The monoisotopic (exact) mass is 425 g/mol. The van der Waals surface area contributed by atoms with E-state index in [1.54, 1.807) is 13.0 Å². The summed E-state index contributed by atoms with van der Waals surface area (Å²) in [6.07, 6.45) is 1.80. The Morgan fingerprint density at radius 3 is 2.33 bits per heavy atom. The van der Waals surface area contributed by atoms with Crippen LogP contribution in [0, 0.1) is 13.8 Å². The van der Waals surface area contributed by atoms with Gasteiger partial charge in [-0.3, -0.25) is 4.79 Å². The molecular formula is C22H20BrNO3. The molecule has 0 spiro atoms. The van der Waals surface area contributed by atoms with Crippen LogP contribution in [0.3, 0.4) is 0 Å². The number of hydrogen-bond acceptors (Lipinski definition) is 4. The highest BCUT2D eigenvalue weighted by Crippen LogP contribution is 2.36. The minimum atomic E-state index is -0.621. The summed E-state index contributed by atoms with van der Waals surface area (Å²) in [6.45, 7) is 5.78. The maximum Gasteiger partial charge on any atom is 0.343 e. The second-order valence-corrected chi connectivity index (χ2v) is 7.46. The zero-order chi connectivity index (χ0) is 19.7. The van der Waals surface area contributed by atoms with Crippen molar-refractivity contribution < 1.29 is 14.3 Å². The summed E-state index contributed by atoms with van der Waals surface area (Å²) in [6, 6.07) is 13.7. The summed E-state index contributed by atoms with van der Waals surface area (Å²) >= 11 is 3.45. The van der Waals surface area contributed by atoms with Gasteiger partial charge in [0.25, 0.3) is 0 Å². The van der Waals surface area contributed by atoms with E-state index in [1.165, 1.54) is 7.11 Å². The second kappa shape index (κ2) is 7.53. The third-order valence-corrected chi connectivity index (χ3v) is 4.90. The Labute approximate surface area is 167 Å². The van der Waals surface area contributed by atoms with Crippen molar-refractivity contribution in [3.8, 4) is 0 Å². The number of anilines is 1. The molecule has 0 amide bonds. The number of carbonyl (C=O) groups excluding carboxylic acids is 2. The topological polar surface area (TPSA) is 46.6 Å². The summed E-state index contributed by atoms with van der Waals surface area (Å²) in [4.78, 5) is 27.1. The zero-order valence-electron chi connectivity index (χ0n) is 15.7. The Morgan fingerprint density at radius 2 is 1.74 bits per heavy atom. The molecule has 0 N–H and O–H groups in total. The fourth-order valence-electron chi connectivity index (χ4n) is 3.33. The highest BCUT2D eigenvalue weighted by molar-refractivity contribution is 9.10. The molecule has 5 heteroatoms. The minimum Gasteiger partial charge on any atom is -0.465 e. The zero-order valence-corrected chi connectivity index (χ0v) is 17.3. The first-order chi connectivity index (χ1) is 12.8. The normalized spacial score (nSPS) is 15.7. The van der Waals surface area contributed by atoms with Gasteiger partial charge >= 0.3 is 5.97 Å². The molecule has 0 aliphatic carbocycles. The van der Waals surface area contributed by atoms with Crippen molar-refractivity contribution >= 4 is 39.4 Å². The number of benzene rings is 2. The Balaban J connectivity index is 2.21. The summed E-state index contributed by atoms with van der Waals surface area (Å²) in [5.74, 6) is -0.956.